The predicted octanol–water partition coefficient (Wildman–Crippen LogP) is 3.83. The van der Waals surface area contributed by atoms with E-state index in [-0.39, 0.29) is 17.1 Å². The highest BCUT2D eigenvalue weighted by molar-refractivity contribution is 5.94. The summed E-state index contributed by atoms with van der Waals surface area (Å²) >= 11 is 0. The number of nitrogens with zero attached hydrogens (tertiary/aromatic N) is 1. The van der Waals surface area contributed by atoms with Crippen LogP contribution >= 0.6 is 0 Å². The van der Waals surface area contributed by atoms with Gasteiger partial charge >= 0.3 is 0 Å². The first-order valence-electron chi connectivity index (χ1n) is 8.48. The summed E-state index contributed by atoms with van der Waals surface area (Å²) in [7, 11) is 0. The number of piperidine rings is 1. The maximum Gasteiger partial charge on any atom is 0.256 e. The highest BCUT2D eigenvalue weighted by Crippen LogP contribution is 2.39. The van der Waals surface area contributed by atoms with Crippen LogP contribution in [0.3, 0.4) is 0 Å². The Bertz CT molecular complexity index is 766. The summed E-state index contributed by atoms with van der Waals surface area (Å²) < 4.78 is 20.1. The average molecular weight is 325 g/mol. The van der Waals surface area contributed by atoms with Crippen molar-refractivity contribution in [2.24, 2.45) is 0 Å². The molecule has 4 heteroatoms. The van der Waals surface area contributed by atoms with E-state index in [1.54, 1.807) is 23.1 Å². The van der Waals surface area contributed by atoms with Gasteiger partial charge in [0.1, 0.15) is 17.2 Å². The van der Waals surface area contributed by atoms with Gasteiger partial charge < -0.3 is 9.64 Å². The third-order valence-electron chi connectivity index (χ3n) is 5.22. The molecule has 1 fully saturated rings. The quantitative estimate of drug-likeness (QED) is 0.797. The van der Waals surface area contributed by atoms with Gasteiger partial charge in [-0.2, -0.15) is 0 Å². The monoisotopic (exact) mass is 325 g/mol. The standard InChI is InChI=1S/C20H20FNO2/c21-17-7-3-2-6-16(17)19(23)22-13-11-20(12-14-22)10-9-15-5-1-4-8-18(15)24-20/h1-8H,9-14H2. The number of fused-ring (bicyclic) bond motifs is 1. The lowest BCUT2D eigenvalue weighted by Crippen LogP contribution is -2.51. The van der Waals surface area contributed by atoms with E-state index < -0.39 is 5.82 Å². The fraction of sp³-hybridized carbons (Fsp3) is 0.350. The second-order valence-electron chi connectivity index (χ2n) is 6.66. The first-order valence-corrected chi connectivity index (χ1v) is 8.48. The lowest BCUT2D eigenvalue weighted by atomic mass is 9.83. The van der Waals surface area contributed by atoms with Crippen LogP contribution in [0.15, 0.2) is 48.5 Å². The zero-order valence-corrected chi connectivity index (χ0v) is 13.5. The van der Waals surface area contributed by atoms with Crippen LogP contribution in [0.25, 0.3) is 0 Å². The summed E-state index contributed by atoms with van der Waals surface area (Å²) in [5, 5.41) is 0. The Balaban J connectivity index is 1.46. The maximum atomic E-state index is 13.8. The second-order valence-corrected chi connectivity index (χ2v) is 6.66. The van der Waals surface area contributed by atoms with E-state index in [9.17, 15) is 9.18 Å². The number of rotatable bonds is 1. The molecule has 2 heterocycles. The highest BCUT2D eigenvalue weighted by Gasteiger charge is 2.40. The SMILES string of the molecule is O=C(c1ccccc1F)N1CCC2(CCc3ccccc3O2)CC1. The summed E-state index contributed by atoms with van der Waals surface area (Å²) in [5.74, 6) is 0.294. The van der Waals surface area contributed by atoms with Crippen LogP contribution in [0, 0.1) is 5.82 Å². The Morgan fingerprint density at radius 3 is 2.50 bits per heavy atom. The molecule has 2 aliphatic rings. The van der Waals surface area contributed by atoms with E-state index in [0.29, 0.717) is 13.1 Å². The van der Waals surface area contributed by atoms with Gasteiger partial charge in [0.05, 0.1) is 5.56 Å². The second kappa shape index (κ2) is 5.93. The molecule has 1 saturated heterocycles. The molecule has 1 spiro atoms. The number of hydrogen-bond donors (Lipinski definition) is 0. The summed E-state index contributed by atoms with van der Waals surface area (Å²) in [5.41, 5.74) is 1.23. The lowest BCUT2D eigenvalue weighted by molar-refractivity contribution is -0.0107. The third-order valence-corrected chi connectivity index (χ3v) is 5.22. The normalized spacial score (nSPS) is 18.8. The smallest absolute Gasteiger partial charge is 0.256 e. The number of carbonyl (C=O) groups is 1. The maximum absolute atomic E-state index is 13.8. The van der Waals surface area contributed by atoms with Gasteiger partial charge in [-0.05, 0) is 36.6 Å². The van der Waals surface area contributed by atoms with Crippen molar-refractivity contribution in [1.82, 2.24) is 4.90 Å². The van der Waals surface area contributed by atoms with Crippen molar-refractivity contribution >= 4 is 5.91 Å². The van der Waals surface area contributed by atoms with Crippen LogP contribution in [0.5, 0.6) is 5.75 Å². The molecular formula is C20H20FNO2. The molecule has 1 amide bonds. The Labute approximate surface area is 141 Å². The Hall–Kier alpha value is -2.36. The first-order chi connectivity index (χ1) is 11.7. The van der Waals surface area contributed by atoms with Crippen molar-refractivity contribution in [1.29, 1.82) is 0 Å². The third kappa shape index (κ3) is 2.66. The van der Waals surface area contributed by atoms with Crippen LogP contribution < -0.4 is 4.74 Å². The molecule has 4 rings (SSSR count). The minimum atomic E-state index is -0.453. The molecule has 2 aliphatic heterocycles. The van der Waals surface area contributed by atoms with Crippen molar-refractivity contribution in [3.8, 4) is 5.75 Å². The van der Waals surface area contributed by atoms with Crippen LogP contribution in [0.4, 0.5) is 4.39 Å². The number of halogens is 1. The molecule has 0 atom stereocenters. The van der Waals surface area contributed by atoms with Crippen molar-refractivity contribution < 1.29 is 13.9 Å². The molecule has 3 nitrogen and oxygen atoms in total. The number of likely N-dealkylation sites (tertiary alicyclic amines) is 1. The largest absolute Gasteiger partial charge is 0.487 e. The van der Waals surface area contributed by atoms with E-state index in [1.165, 1.54) is 11.6 Å². The van der Waals surface area contributed by atoms with E-state index >= 15 is 0 Å². The molecule has 0 bridgehead atoms. The minimum Gasteiger partial charge on any atom is -0.487 e. The summed E-state index contributed by atoms with van der Waals surface area (Å²) in [6.07, 6.45) is 3.58. The summed E-state index contributed by atoms with van der Waals surface area (Å²) in [6, 6.07) is 14.3. The van der Waals surface area contributed by atoms with Crippen molar-refractivity contribution in [3.63, 3.8) is 0 Å². The van der Waals surface area contributed by atoms with Crippen LogP contribution in [-0.4, -0.2) is 29.5 Å². The number of ether oxygens (including phenoxy) is 1. The van der Waals surface area contributed by atoms with Crippen molar-refractivity contribution in [2.75, 3.05) is 13.1 Å². The number of para-hydroxylation sites is 1. The van der Waals surface area contributed by atoms with Gasteiger partial charge in [0, 0.05) is 25.9 Å². The summed E-state index contributed by atoms with van der Waals surface area (Å²) in [4.78, 5) is 14.3. The molecular weight excluding hydrogens is 305 g/mol. The van der Waals surface area contributed by atoms with Crippen LogP contribution in [-0.2, 0) is 6.42 Å². The number of carbonyl (C=O) groups excluding carboxylic acids is 1. The molecule has 0 N–H and O–H groups in total. The van der Waals surface area contributed by atoms with Gasteiger partial charge in [0.25, 0.3) is 5.91 Å². The minimum absolute atomic E-state index is 0.156. The number of amides is 1. The summed E-state index contributed by atoms with van der Waals surface area (Å²) in [6.45, 7) is 1.21. The van der Waals surface area contributed by atoms with E-state index in [2.05, 4.69) is 6.07 Å². The van der Waals surface area contributed by atoms with E-state index in [4.69, 9.17) is 4.74 Å². The highest BCUT2D eigenvalue weighted by atomic mass is 19.1. The molecule has 0 unspecified atom stereocenters. The predicted molar refractivity (Wildman–Crippen MR) is 89.7 cm³/mol. The zero-order valence-electron chi connectivity index (χ0n) is 13.5. The Morgan fingerprint density at radius 2 is 1.71 bits per heavy atom. The van der Waals surface area contributed by atoms with Crippen LogP contribution in [0.2, 0.25) is 0 Å². The van der Waals surface area contributed by atoms with Crippen LogP contribution in [0.1, 0.15) is 35.2 Å². The molecule has 0 aliphatic carbocycles. The van der Waals surface area contributed by atoms with Gasteiger partial charge in [0.2, 0.25) is 0 Å². The topological polar surface area (TPSA) is 29.5 Å². The zero-order chi connectivity index (χ0) is 16.6. The van der Waals surface area contributed by atoms with E-state index in [1.807, 2.05) is 18.2 Å². The lowest BCUT2D eigenvalue weighted by Gasteiger charge is -2.44. The molecule has 2 aromatic carbocycles. The fourth-order valence-electron chi connectivity index (χ4n) is 3.73. The number of aryl methyl sites for hydroxylation is 1. The molecule has 0 radical (unpaired) electrons. The molecule has 2 aromatic rings. The molecule has 124 valence electrons. The van der Waals surface area contributed by atoms with Gasteiger partial charge in [-0.1, -0.05) is 30.3 Å². The molecule has 0 aromatic heterocycles. The Morgan fingerprint density at radius 1 is 1.00 bits per heavy atom. The number of benzene rings is 2. The molecule has 24 heavy (non-hydrogen) atoms. The van der Waals surface area contributed by atoms with Gasteiger partial charge in [-0.15, -0.1) is 0 Å². The van der Waals surface area contributed by atoms with Gasteiger partial charge in [-0.25, -0.2) is 4.39 Å². The van der Waals surface area contributed by atoms with Crippen molar-refractivity contribution in [2.45, 2.75) is 31.3 Å². The van der Waals surface area contributed by atoms with Gasteiger partial charge in [-0.3, -0.25) is 4.79 Å². The average Bonchev–Trinajstić information content (AvgIpc) is 2.62. The first kappa shape index (κ1) is 15.2. The number of hydrogen-bond acceptors (Lipinski definition) is 2. The van der Waals surface area contributed by atoms with Crippen molar-refractivity contribution in [3.05, 3.63) is 65.5 Å². The Kier molecular flexibility index (Phi) is 3.75. The molecule has 0 saturated carbocycles. The van der Waals surface area contributed by atoms with E-state index in [0.717, 1.165) is 31.4 Å². The fourth-order valence-corrected chi connectivity index (χ4v) is 3.73. The van der Waals surface area contributed by atoms with Gasteiger partial charge in [0.15, 0.2) is 0 Å².